The second-order valence-corrected chi connectivity index (χ2v) is 8.19. The molecule has 2 aromatic carbocycles. The maximum atomic E-state index is 13.0. The molecule has 1 amide bonds. The Balaban J connectivity index is 1.38. The number of fused-ring (bicyclic) bond motifs is 1. The third-order valence-electron chi connectivity index (χ3n) is 6.15. The molecule has 3 aromatic rings. The van der Waals surface area contributed by atoms with E-state index in [1.165, 1.54) is 0 Å². The van der Waals surface area contributed by atoms with Gasteiger partial charge in [-0.3, -0.25) is 4.79 Å². The molecule has 154 valence electrons. The van der Waals surface area contributed by atoms with Gasteiger partial charge in [0.25, 0.3) is 5.91 Å². The molecular weight excluding hydrogens is 378 g/mol. The Hall–Kier alpha value is -3.12. The third kappa shape index (κ3) is 3.27. The lowest BCUT2D eigenvalue weighted by atomic mass is 10.0. The van der Waals surface area contributed by atoms with Crippen LogP contribution in [0.2, 0.25) is 0 Å². The largest absolute Gasteiger partial charge is 0.497 e. The topological polar surface area (TPSA) is 56.6 Å². The second kappa shape index (κ2) is 7.29. The van der Waals surface area contributed by atoms with Gasteiger partial charge >= 0.3 is 0 Å². The Morgan fingerprint density at radius 2 is 2.00 bits per heavy atom. The van der Waals surface area contributed by atoms with E-state index in [4.69, 9.17) is 9.47 Å². The molecule has 1 aromatic heterocycles. The molecule has 1 saturated heterocycles. The highest BCUT2D eigenvalue weighted by Crippen LogP contribution is 2.36. The fourth-order valence-electron chi connectivity index (χ4n) is 4.47. The minimum Gasteiger partial charge on any atom is -0.497 e. The van der Waals surface area contributed by atoms with Crippen molar-refractivity contribution in [1.29, 1.82) is 0 Å². The fourth-order valence-corrected chi connectivity index (χ4v) is 4.47. The van der Waals surface area contributed by atoms with Crippen LogP contribution in [-0.4, -0.2) is 46.2 Å². The minimum absolute atomic E-state index is 0.0750. The highest BCUT2D eigenvalue weighted by molar-refractivity contribution is 5.94. The summed E-state index contributed by atoms with van der Waals surface area (Å²) in [6.45, 7) is 4.46. The van der Waals surface area contributed by atoms with Gasteiger partial charge in [0.2, 0.25) is 0 Å². The molecule has 0 radical (unpaired) electrons. The van der Waals surface area contributed by atoms with Crippen LogP contribution in [0.5, 0.6) is 5.75 Å². The van der Waals surface area contributed by atoms with E-state index in [0.29, 0.717) is 26.2 Å². The summed E-state index contributed by atoms with van der Waals surface area (Å²) >= 11 is 0. The lowest BCUT2D eigenvalue weighted by Gasteiger charge is -2.35. The number of ether oxygens (including phenoxy) is 2. The van der Waals surface area contributed by atoms with Crippen LogP contribution in [0.15, 0.2) is 54.7 Å². The van der Waals surface area contributed by atoms with E-state index in [2.05, 4.69) is 9.55 Å². The van der Waals surface area contributed by atoms with Crippen molar-refractivity contribution in [2.24, 2.45) is 0 Å². The van der Waals surface area contributed by atoms with E-state index in [1.807, 2.05) is 66.6 Å². The Morgan fingerprint density at radius 1 is 1.17 bits per heavy atom. The molecule has 6 heteroatoms. The van der Waals surface area contributed by atoms with Gasteiger partial charge < -0.3 is 18.9 Å². The average molecular weight is 403 g/mol. The first kappa shape index (κ1) is 18.9. The number of benzene rings is 2. The Labute approximate surface area is 176 Å². The summed E-state index contributed by atoms with van der Waals surface area (Å²) in [5, 5.41) is 0. The normalized spacial score (nSPS) is 20.4. The number of amides is 1. The van der Waals surface area contributed by atoms with Crippen LogP contribution in [0.1, 0.15) is 28.2 Å². The molecule has 6 nitrogen and oxygen atoms in total. The first-order valence-electron chi connectivity index (χ1n) is 10.3. The van der Waals surface area contributed by atoms with Crippen LogP contribution in [0.3, 0.4) is 0 Å². The molecule has 3 heterocycles. The number of aryl methyl sites for hydroxylation is 1. The Morgan fingerprint density at radius 3 is 2.77 bits per heavy atom. The number of hydrogen-bond donors (Lipinski definition) is 0. The average Bonchev–Trinajstić information content (AvgIpc) is 3.38. The molecule has 1 unspecified atom stereocenters. The number of hydrogen-bond acceptors (Lipinski definition) is 4. The van der Waals surface area contributed by atoms with Crippen molar-refractivity contribution in [3.8, 4) is 17.0 Å². The van der Waals surface area contributed by atoms with Crippen molar-refractivity contribution >= 4 is 5.91 Å². The number of aromatic nitrogens is 2. The van der Waals surface area contributed by atoms with E-state index in [1.54, 1.807) is 7.11 Å². The highest BCUT2D eigenvalue weighted by Gasteiger charge is 2.44. The molecular formula is C24H25N3O3. The van der Waals surface area contributed by atoms with Gasteiger partial charge in [-0.1, -0.05) is 17.7 Å². The second-order valence-electron chi connectivity index (χ2n) is 8.19. The molecule has 0 bridgehead atoms. The van der Waals surface area contributed by atoms with Crippen molar-refractivity contribution in [2.45, 2.75) is 32.1 Å². The first-order valence-corrected chi connectivity index (χ1v) is 10.3. The van der Waals surface area contributed by atoms with Gasteiger partial charge in [-0.05, 0) is 49.7 Å². The zero-order valence-corrected chi connectivity index (χ0v) is 17.3. The van der Waals surface area contributed by atoms with Crippen molar-refractivity contribution < 1.29 is 14.3 Å². The molecule has 0 N–H and O–H groups in total. The zero-order valence-electron chi connectivity index (χ0n) is 17.3. The van der Waals surface area contributed by atoms with Crippen molar-refractivity contribution in [3.63, 3.8) is 0 Å². The van der Waals surface area contributed by atoms with E-state index in [0.717, 1.165) is 40.4 Å². The SMILES string of the molecule is COc1ccc(-c2cnc3n2CC2(CCN(C(=O)c4cccc(C)c4)C2)OC3)cc1. The molecule has 2 aliphatic heterocycles. The van der Waals surface area contributed by atoms with Crippen LogP contribution in [-0.2, 0) is 17.9 Å². The number of imidazole rings is 1. The van der Waals surface area contributed by atoms with Gasteiger partial charge in [0, 0.05) is 17.7 Å². The van der Waals surface area contributed by atoms with Crippen molar-refractivity contribution in [2.75, 3.05) is 20.2 Å². The third-order valence-corrected chi connectivity index (χ3v) is 6.15. The van der Waals surface area contributed by atoms with Crippen LogP contribution >= 0.6 is 0 Å². The molecule has 1 fully saturated rings. The van der Waals surface area contributed by atoms with Crippen LogP contribution in [0.4, 0.5) is 0 Å². The predicted molar refractivity (Wildman–Crippen MR) is 113 cm³/mol. The molecule has 5 rings (SSSR count). The maximum Gasteiger partial charge on any atom is 0.253 e. The summed E-state index contributed by atoms with van der Waals surface area (Å²) in [5.74, 6) is 1.83. The quantitative estimate of drug-likeness (QED) is 0.669. The molecule has 0 aliphatic carbocycles. The van der Waals surface area contributed by atoms with Crippen LogP contribution in [0, 0.1) is 6.92 Å². The number of nitrogens with zero attached hydrogens (tertiary/aromatic N) is 3. The zero-order chi connectivity index (χ0) is 20.7. The number of rotatable bonds is 3. The molecule has 1 spiro atoms. The van der Waals surface area contributed by atoms with Gasteiger partial charge in [0.05, 0.1) is 32.1 Å². The highest BCUT2D eigenvalue weighted by atomic mass is 16.5. The van der Waals surface area contributed by atoms with E-state index >= 15 is 0 Å². The summed E-state index contributed by atoms with van der Waals surface area (Å²) in [7, 11) is 1.67. The van der Waals surface area contributed by atoms with Crippen molar-refractivity contribution in [1.82, 2.24) is 14.5 Å². The summed E-state index contributed by atoms with van der Waals surface area (Å²) in [6.07, 6.45) is 2.73. The Bertz CT molecular complexity index is 1090. The van der Waals surface area contributed by atoms with Gasteiger partial charge in [-0.2, -0.15) is 0 Å². The number of likely N-dealkylation sites (tertiary alicyclic amines) is 1. The lowest BCUT2D eigenvalue weighted by Crippen LogP contribution is -2.45. The van der Waals surface area contributed by atoms with Crippen LogP contribution < -0.4 is 4.74 Å². The first-order chi connectivity index (χ1) is 14.6. The molecule has 1 atom stereocenters. The van der Waals surface area contributed by atoms with Gasteiger partial charge in [-0.15, -0.1) is 0 Å². The minimum atomic E-state index is -0.367. The molecule has 2 aliphatic rings. The van der Waals surface area contributed by atoms with E-state index < -0.39 is 0 Å². The number of carbonyl (C=O) groups excluding carboxylic acids is 1. The van der Waals surface area contributed by atoms with Gasteiger partial charge in [-0.25, -0.2) is 4.98 Å². The summed E-state index contributed by atoms with van der Waals surface area (Å²) in [5.41, 5.74) is 3.63. The lowest BCUT2D eigenvalue weighted by molar-refractivity contribution is -0.0804. The molecule has 30 heavy (non-hydrogen) atoms. The van der Waals surface area contributed by atoms with E-state index in [-0.39, 0.29) is 11.5 Å². The monoisotopic (exact) mass is 403 g/mol. The number of methoxy groups -OCH3 is 1. The van der Waals surface area contributed by atoms with Gasteiger partial charge in [0.15, 0.2) is 0 Å². The summed E-state index contributed by atoms with van der Waals surface area (Å²) in [4.78, 5) is 19.5. The smallest absolute Gasteiger partial charge is 0.253 e. The summed E-state index contributed by atoms with van der Waals surface area (Å²) < 4.78 is 13.8. The number of carbonyl (C=O) groups is 1. The predicted octanol–water partition coefficient (Wildman–Crippen LogP) is 3.68. The van der Waals surface area contributed by atoms with E-state index in [9.17, 15) is 4.79 Å². The molecule has 0 saturated carbocycles. The van der Waals surface area contributed by atoms with Crippen LogP contribution in [0.25, 0.3) is 11.3 Å². The standard InChI is InChI=1S/C24H25N3O3/c1-17-4-3-5-19(12-17)23(28)26-11-10-24(15-26)16-27-21(13-25-22(27)14-30-24)18-6-8-20(29-2)9-7-18/h3-9,12-13H,10-11,14-16H2,1-2H3. The Kier molecular flexibility index (Phi) is 4.59. The van der Waals surface area contributed by atoms with Crippen molar-refractivity contribution in [3.05, 3.63) is 71.7 Å². The summed E-state index contributed by atoms with van der Waals surface area (Å²) in [6, 6.07) is 15.8. The maximum absolute atomic E-state index is 13.0. The van der Waals surface area contributed by atoms with Gasteiger partial charge in [0.1, 0.15) is 23.8 Å². The fraction of sp³-hybridized carbons (Fsp3) is 0.333.